The highest BCUT2D eigenvalue weighted by Gasteiger charge is 2.16. The summed E-state index contributed by atoms with van der Waals surface area (Å²) in [6.45, 7) is 8.59. The van der Waals surface area contributed by atoms with Crippen LogP contribution in [0.1, 0.15) is 18.9 Å². The largest absolute Gasteiger partial charge is 0.497 e. The monoisotopic (exact) mass is 494 g/mol. The molecule has 0 amide bonds. The third-order valence-electron chi connectivity index (χ3n) is 6.00. The summed E-state index contributed by atoms with van der Waals surface area (Å²) in [6, 6.07) is 11.1. The van der Waals surface area contributed by atoms with Crippen LogP contribution in [0.5, 0.6) is 0 Å². The third-order valence-corrected chi connectivity index (χ3v) is 6.23. The highest BCUT2D eigenvalue weighted by Crippen LogP contribution is 2.31. The van der Waals surface area contributed by atoms with Gasteiger partial charge in [0.05, 0.1) is 24.9 Å². The number of aromatic nitrogens is 2. The second-order valence-electron chi connectivity index (χ2n) is 8.34. The summed E-state index contributed by atoms with van der Waals surface area (Å²) in [4.78, 5) is 14.9. The first-order chi connectivity index (χ1) is 17.0. The van der Waals surface area contributed by atoms with E-state index in [2.05, 4.69) is 26.6 Å². The first-order valence-electron chi connectivity index (χ1n) is 11.4. The number of hydrogen-bond acceptors (Lipinski definition) is 6. The molecule has 35 heavy (non-hydrogen) atoms. The molecule has 1 fully saturated rings. The highest BCUT2D eigenvalue weighted by molar-refractivity contribution is 6.29. The second-order valence-corrected chi connectivity index (χ2v) is 8.73. The Morgan fingerprint density at radius 3 is 2.89 bits per heavy atom. The smallest absolute Gasteiger partial charge is 0.132 e. The van der Waals surface area contributed by atoms with Gasteiger partial charge < -0.3 is 14.4 Å². The van der Waals surface area contributed by atoms with E-state index in [1.807, 2.05) is 31.2 Å². The van der Waals surface area contributed by atoms with Crippen molar-refractivity contribution in [2.75, 3.05) is 38.3 Å². The Kier molecular flexibility index (Phi) is 8.10. The Morgan fingerprint density at radius 1 is 1.23 bits per heavy atom. The summed E-state index contributed by atoms with van der Waals surface area (Å²) in [5, 5.41) is 1.04. The van der Waals surface area contributed by atoms with E-state index in [-0.39, 0.29) is 11.0 Å². The van der Waals surface area contributed by atoms with Crippen LogP contribution in [0.3, 0.4) is 0 Å². The van der Waals surface area contributed by atoms with E-state index in [0.29, 0.717) is 30.0 Å². The molecule has 0 aliphatic carbocycles. The summed E-state index contributed by atoms with van der Waals surface area (Å²) in [7, 11) is 1.57. The van der Waals surface area contributed by atoms with E-state index in [1.165, 1.54) is 12.4 Å². The van der Waals surface area contributed by atoms with Crippen molar-refractivity contribution in [3.05, 3.63) is 76.7 Å². The molecule has 1 aliphatic rings. The molecule has 0 unspecified atom stereocenters. The Labute approximate surface area is 209 Å². The minimum atomic E-state index is -0.338. The Morgan fingerprint density at radius 2 is 2.09 bits per heavy atom. The number of ether oxygens (including phenoxy) is 2. The summed E-state index contributed by atoms with van der Waals surface area (Å²) >= 11 is 5.98. The van der Waals surface area contributed by atoms with Gasteiger partial charge in [-0.05, 0) is 68.0 Å². The number of rotatable bonds is 7. The van der Waals surface area contributed by atoms with Gasteiger partial charge in [0.1, 0.15) is 23.1 Å². The van der Waals surface area contributed by atoms with Crippen LogP contribution < -0.4 is 4.90 Å². The van der Waals surface area contributed by atoms with E-state index in [1.54, 1.807) is 19.3 Å². The lowest BCUT2D eigenvalue weighted by Crippen LogP contribution is -2.25. The molecule has 1 aliphatic heterocycles. The van der Waals surface area contributed by atoms with Gasteiger partial charge in [-0.15, -0.1) is 0 Å². The quantitative estimate of drug-likeness (QED) is 0.177. The van der Waals surface area contributed by atoms with Crippen molar-refractivity contribution in [3.8, 4) is 11.3 Å². The molecule has 3 aromatic rings. The lowest BCUT2D eigenvalue weighted by Gasteiger charge is -2.22. The van der Waals surface area contributed by atoms with Crippen molar-refractivity contribution in [2.45, 2.75) is 19.8 Å². The van der Waals surface area contributed by atoms with Crippen LogP contribution in [-0.4, -0.2) is 50.1 Å². The zero-order valence-corrected chi connectivity index (χ0v) is 20.7. The zero-order chi connectivity index (χ0) is 24.8. The molecule has 4 rings (SSSR count). The predicted octanol–water partition coefficient (Wildman–Crippen LogP) is 5.91. The molecule has 0 N–H and O–H groups in total. The van der Waals surface area contributed by atoms with Crippen molar-refractivity contribution in [2.24, 2.45) is 4.99 Å². The number of hydrogen-bond donors (Lipinski definition) is 0. The van der Waals surface area contributed by atoms with Crippen molar-refractivity contribution < 1.29 is 13.9 Å². The van der Waals surface area contributed by atoms with Crippen LogP contribution in [0.4, 0.5) is 10.1 Å². The Hall–Kier alpha value is -3.29. The number of allylic oxidation sites excluding steroid dienone is 2. The molecule has 1 aromatic heterocycles. The van der Waals surface area contributed by atoms with Crippen LogP contribution in [0.25, 0.3) is 22.2 Å². The molecule has 182 valence electrons. The van der Waals surface area contributed by atoms with E-state index in [9.17, 15) is 0 Å². The predicted molar refractivity (Wildman–Crippen MR) is 139 cm³/mol. The average Bonchev–Trinajstić information content (AvgIpc) is 3.17. The van der Waals surface area contributed by atoms with Gasteiger partial charge in [-0.25, -0.2) is 14.4 Å². The topological polar surface area (TPSA) is 59.8 Å². The number of fused-ring (bicyclic) bond motifs is 1. The van der Waals surface area contributed by atoms with Gasteiger partial charge in [0, 0.05) is 42.4 Å². The molecular formula is C27H28ClFN4O2. The van der Waals surface area contributed by atoms with Crippen molar-refractivity contribution in [1.29, 1.82) is 0 Å². The molecule has 0 saturated carbocycles. The molecule has 8 heteroatoms. The van der Waals surface area contributed by atoms with Crippen LogP contribution in [0.15, 0.2) is 70.3 Å². The summed E-state index contributed by atoms with van der Waals surface area (Å²) in [6.07, 6.45) is 4.62. The number of aliphatic imine (C=N–C) groups is 1. The lowest BCUT2D eigenvalue weighted by atomic mass is 9.99. The molecule has 1 saturated heterocycles. The van der Waals surface area contributed by atoms with E-state index in [4.69, 9.17) is 21.1 Å². The molecule has 0 radical (unpaired) electrons. The average molecular weight is 495 g/mol. The Balaban J connectivity index is 1.69. The number of nitrogens with zero attached hydrogens (tertiary/aromatic N) is 4. The molecule has 0 spiro atoms. The third kappa shape index (κ3) is 5.86. The van der Waals surface area contributed by atoms with Crippen LogP contribution in [-0.2, 0) is 15.9 Å². The molecule has 6 nitrogen and oxygen atoms in total. The number of anilines is 1. The van der Waals surface area contributed by atoms with Crippen LogP contribution in [0, 0.1) is 5.82 Å². The lowest BCUT2D eigenvalue weighted by molar-refractivity contribution is 0.152. The van der Waals surface area contributed by atoms with Crippen molar-refractivity contribution in [3.63, 3.8) is 0 Å². The number of methoxy groups -OCH3 is 1. The van der Waals surface area contributed by atoms with Crippen molar-refractivity contribution >= 4 is 34.9 Å². The van der Waals surface area contributed by atoms with Crippen LogP contribution >= 0.6 is 11.6 Å². The maximum absolute atomic E-state index is 15.0. The zero-order valence-electron chi connectivity index (χ0n) is 19.9. The minimum absolute atomic E-state index is 0.237. The molecule has 0 bridgehead atoms. The van der Waals surface area contributed by atoms with Gasteiger partial charge in [-0.2, -0.15) is 0 Å². The Bertz CT molecular complexity index is 1280. The molecule has 2 heterocycles. The van der Waals surface area contributed by atoms with E-state index >= 15 is 4.39 Å². The molecule has 2 aromatic carbocycles. The highest BCUT2D eigenvalue weighted by atomic mass is 35.5. The fraction of sp³-hybridized carbons (Fsp3) is 0.296. The van der Waals surface area contributed by atoms with Gasteiger partial charge in [0.15, 0.2) is 0 Å². The summed E-state index contributed by atoms with van der Waals surface area (Å²) in [5.41, 5.74) is 4.68. The van der Waals surface area contributed by atoms with Gasteiger partial charge in [-0.3, -0.25) is 4.99 Å². The number of halogens is 2. The van der Waals surface area contributed by atoms with Crippen molar-refractivity contribution in [1.82, 2.24) is 9.97 Å². The van der Waals surface area contributed by atoms with Gasteiger partial charge >= 0.3 is 0 Å². The maximum atomic E-state index is 15.0. The second kappa shape index (κ2) is 11.4. The maximum Gasteiger partial charge on any atom is 0.132 e. The first-order valence-corrected chi connectivity index (χ1v) is 11.8. The summed E-state index contributed by atoms with van der Waals surface area (Å²) in [5.74, 6) is 0.252. The minimum Gasteiger partial charge on any atom is -0.497 e. The SMILES string of the molecule is C=N/C(Cl)=C\C(OC)=C(/C)Cc1ccc(F)c(-c2ncnc3cc(N4CCCOCC4)ccc23)c1. The van der Waals surface area contributed by atoms with Gasteiger partial charge in [0.2, 0.25) is 0 Å². The molecular weight excluding hydrogens is 467 g/mol. The van der Waals surface area contributed by atoms with E-state index < -0.39 is 0 Å². The fourth-order valence-corrected chi connectivity index (χ4v) is 4.33. The standard InChI is InChI=1S/C27H28ClFN4O2/c1-18(25(34-3)16-26(28)30-2)13-19-5-8-23(29)22(14-19)27-21-7-6-20(15-24(21)31-17-32-27)33-9-4-11-35-12-10-33/h5-8,14-17H,2,4,9-13H2,1,3H3/b25-18-,26-16-. The fourth-order valence-electron chi connectivity index (χ4n) is 4.23. The first kappa shape index (κ1) is 24.8. The normalized spacial score (nSPS) is 15.5. The summed E-state index contributed by atoms with van der Waals surface area (Å²) < 4.78 is 26.0. The molecule has 0 atom stereocenters. The number of benzene rings is 2. The van der Waals surface area contributed by atoms with Gasteiger partial charge in [-0.1, -0.05) is 17.7 Å². The van der Waals surface area contributed by atoms with E-state index in [0.717, 1.165) is 53.8 Å². The van der Waals surface area contributed by atoms with Gasteiger partial charge in [0.25, 0.3) is 0 Å². The van der Waals surface area contributed by atoms with Crippen LogP contribution in [0.2, 0.25) is 0 Å².